The summed E-state index contributed by atoms with van der Waals surface area (Å²) in [6.45, 7) is 3.58. The third kappa shape index (κ3) is 3.50. The number of hydrogen-bond donors (Lipinski definition) is 0. The van der Waals surface area contributed by atoms with Crippen LogP contribution in [0.1, 0.15) is 11.7 Å². The quantitative estimate of drug-likeness (QED) is 0.635. The number of benzene rings is 1. The first kappa shape index (κ1) is 19.0. The minimum atomic E-state index is -0.287. The van der Waals surface area contributed by atoms with Crippen LogP contribution in [-0.2, 0) is 20.8 Å². The Morgan fingerprint density at radius 2 is 1.83 bits per heavy atom. The molecule has 0 radical (unpaired) electrons. The van der Waals surface area contributed by atoms with Crippen molar-refractivity contribution in [2.24, 2.45) is 0 Å². The van der Waals surface area contributed by atoms with Crippen LogP contribution >= 0.6 is 0 Å². The summed E-state index contributed by atoms with van der Waals surface area (Å²) in [7, 11) is 0. The highest BCUT2D eigenvalue weighted by atomic mass is 16.6. The molecule has 2 saturated heterocycles. The molecular weight excluding hydrogens is 386 g/mol. The number of carbonyl (C=O) groups excluding carboxylic acids is 1. The maximum atomic E-state index is 12.7. The van der Waals surface area contributed by atoms with Gasteiger partial charge in [0.1, 0.15) is 18.8 Å². The van der Waals surface area contributed by atoms with E-state index in [-0.39, 0.29) is 36.3 Å². The van der Waals surface area contributed by atoms with E-state index in [0.717, 1.165) is 11.0 Å². The topological polar surface area (TPSA) is 91.5 Å². The lowest BCUT2D eigenvalue weighted by Gasteiger charge is -2.20. The fourth-order valence-electron chi connectivity index (χ4n) is 4.11. The molecule has 4 heterocycles. The molecule has 156 valence electrons. The number of imidazole rings is 1. The largest absolute Gasteiger partial charge is 0.371 e. The molecule has 2 aliphatic rings. The number of hydrogen-bond acceptors (Lipinski definition) is 6. The number of carbonyl (C=O) groups is 1. The Kier molecular flexibility index (Phi) is 4.84. The lowest BCUT2D eigenvalue weighted by molar-refractivity contribution is -0.132. The van der Waals surface area contributed by atoms with E-state index in [4.69, 9.17) is 9.47 Å². The second-order valence-electron chi connectivity index (χ2n) is 7.81. The lowest BCUT2D eigenvalue weighted by atomic mass is 10.2. The van der Waals surface area contributed by atoms with Crippen molar-refractivity contribution in [2.45, 2.75) is 31.7 Å². The highest BCUT2D eigenvalue weighted by Crippen LogP contribution is 2.26. The minimum absolute atomic E-state index is 0.0298. The van der Waals surface area contributed by atoms with Gasteiger partial charge in [0.25, 0.3) is 5.56 Å². The zero-order valence-corrected chi connectivity index (χ0v) is 16.7. The zero-order valence-electron chi connectivity index (χ0n) is 16.7. The molecule has 0 aliphatic carbocycles. The summed E-state index contributed by atoms with van der Waals surface area (Å²) in [5.74, 6) is -0.160. The highest BCUT2D eigenvalue weighted by molar-refractivity contribution is 5.76. The van der Waals surface area contributed by atoms with Gasteiger partial charge in [-0.05, 0) is 25.1 Å². The summed E-state index contributed by atoms with van der Waals surface area (Å²) in [4.78, 5) is 30.8. The number of aromatic nitrogens is 4. The van der Waals surface area contributed by atoms with Crippen molar-refractivity contribution in [3.05, 3.63) is 58.8 Å². The molecule has 0 unspecified atom stereocenters. The molecule has 2 aliphatic heterocycles. The summed E-state index contributed by atoms with van der Waals surface area (Å²) in [5, 5.41) is 4.14. The maximum absolute atomic E-state index is 12.7. The summed E-state index contributed by atoms with van der Waals surface area (Å²) in [5.41, 5.74) is 2.40. The van der Waals surface area contributed by atoms with Gasteiger partial charge in [0.05, 0.1) is 42.3 Å². The smallest absolute Gasteiger partial charge is 0.267 e. The van der Waals surface area contributed by atoms with E-state index in [1.165, 1.54) is 10.7 Å². The van der Waals surface area contributed by atoms with Crippen molar-refractivity contribution in [3.8, 4) is 0 Å². The van der Waals surface area contributed by atoms with Crippen LogP contribution in [0, 0.1) is 6.92 Å². The Hall–Kier alpha value is -3.04. The number of aryl methyl sites for hydroxylation is 1. The number of nitrogens with zero attached hydrogens (tertiary/aromatic N) is 5. The summed E-state index contributed by atoms with van der Waals surface area (Å²) < 4.78 is 15.6. The predicted molar refractivity (Wildman–Crippen MR) is 108 cm³/mol. The normalized spacial score (nSPS) is 22.2. The van der Waals surface area contributed by atoms with Crippen LogP contribution in [0.5, 0.6) is 0 Å². The number of ether oxygens (including phenoxy) is 2. The van der Waals surface area contributed by atoms with Crippen LogP contribution in [0.25, 0.3) is 11.0 Å². The monoisotopic (exact) mass is 409 g/mol. The second-order valence-corrected chi connectivity index (χ2v) is 7.81. The van der Waals surface area contributed by atoms with Gasteiger partial charge < -0.3 is 18.9 Å². The standard InChI is InChI=1S/C21H23N5O4/c1-14-6-7-20(27)26(23-14)10-21(28)24-8-18-19(9-24)30-12-15(11-29-18)25-13-22-16-4-2-3-5-17(16)25/h2-7,13,15,18-19H,8-12H2,1H3/t18-,19-/m0/s1. The van der Waals surface area contributed by atoms with Crippen molar-refractivity contribution in [1.82, 2.24) is 24.2 Å². The van der Waals surface area contributed by atoms with E-state index in [0.29, 0.717) is 32.0 Å². The van der Waals surface area contributed by atoms with E-state index in [9.17, 15) is 9.59 Å². The zero-order chi connectivity index (χ0) is 20.7. The van der Waals surface area contributed by atoms with Gasteiger partial charge in [-0.15, -0.1) is 0 Å². The minimum Gasteiger partial charge on any atom is -0.371 e. The van der Waals surface area contributed by atoms with E-state index >= 15 is 0 Å². The molecule has 9 nitrogen and oxygen atoms in total. The van der Waals surface area contributed by atoms with Crippen LogP contribution in [-0.4, -0.2) is 68.6 Å². The van der Waals surface area contributed by atoms with Gasteiger partial charge >= 0.3 is 0 Å². The van der Waals surface area contributed by atoms with Gasteiger partial charge in [0.2, 0.25) is 5.91 Å². The van der Waals surface area contributed by atoms with Crippen LogP contribution < -0.4 is 5.56 Å². The van der Waals surface area contributed by atoms with Crippen molar-refractivity contribution in [1.29, 1.82) is 0 Å². The van der Waals surface area contributed by atoms with Gasteiger partial charge in [0.15, 0.2) is 0 Å². The van der Waals surface area contributed by atoms with E-state index in [1.807, 2.05) is 30.6 Å². The maximum Gasteiger partial charge on any atom is 0.267 e. The van der Waals surface area contributed by atoms with Gasteiger partial charge in [-0.1, -0.05) is 12.1 Å². The first-order chi connectivity index (χ1) is 14.6. The molecule has 3 aromatic rings. The Labute approximate surface area is 172 Å². The van der Waals surface area contributed by atoms with Crippen LogP contribution in [0.2, 0.25) is 0 Å². The van der Waals surface area contributed by atoms with Gasteiger partial charge in [0, 0.05) is 19.2 Å². The van der Waals surface area contributed by atoms with Crippen molar-refractivity contribution >= 4 is 16.9 Å². The Bertz CT molecular complexity index is 1120. The molecule has 0 spiro atoms. The Morgan fingerprint density at radius 3 is 2.60 bits per heavy atom. The molecular formula is C21H23N5O4. The highest BCUT2D eigenvalue weighted by Gasteiger charge is 2.39. The van der Waals surface area contributed by atoms with Gasteiger partial charge in [-0.25, -0.2) is 9.67 Å². The first-order valence-electron chi connectivity index (χ1n) is 10.1. The van der Waals surface area contributed by atoms with Crippen LogP contribution in [0.4, 0.5) is 0 Å². The molecule has 0 N–H and O–H groups in total. The number of amides is 1. The molecule has 2 fully saturated rings. The van der Waals surface area contributed by atoms with Crippen LogP contribution in [0.15, 0.2) is 47.5 Å². The van der Waals surface area contributed by atoms with Crippen molar-refractivity contribution in [3.63, 3.8) is 0 Å². The number of fused-ring (bicyclic) bond motifs is 2. The third-order valence-electron chi connectivity index (χ3n) is 5.73. The lowest BCUT2D eigenvalue weighted by Crippen LogP contribution is -2.37. The molecule has 30 heavy (non-hydrogen) atoms. The molecule has 9 heteroatoms. The van der Waals surface area contributed by atoms with E-state index in [1.54, 1.807) is 17.9 Å². The molecule has 2 aromatic heterocycles. The number of rotatable bonds is 3. The van der Waals surface area contributed by atoms with E-state index < -0.39 is 0 Å². The SMILES string of the molecule is Cc1ccc(=O)n(CC(=O)N2C[C@@H]3OCC(n4cnc5ccccc54)CO[C@H]3C2)n1. The van der Waals surface area contributed by atoms with Crippen molar-refractivity contribution in [2.75, 3.05) is 26.3 Å². The number of likely N-dealkylation sites (tertiary alicyclic amines) is 1. The first-order valence-corrected chi connectivity index (χ1v) is 10.1. The summed E-state index contributed by atoms with van der Waals surface area (Å²) >= 11 is 0. The molecule has 0 bridgehead atoms. The Balaban J connectivity index is 1.24. The van der Waals surface area contributed by atoms with Crippen LogP contribution in [0.3, 0.4) is 0 Å². The number of para-hydroxylation sites is 2. The third-order valence-corrected chi connectivity index (χ3v) is 5.73. The summed E-state index contributed by atoms with van der Waals surface area (Å²) in [6, 6.07) is 11.1. The fourth-order valence-corrected chi connectivity index (χ4v) is 4.11. The fraction of sp³-hybridized carbons (Fsp3) is 0.429. The average Bonchev–Trinajstić information content (AvgIpc) is 3.31. The van der Waals surface area contributed by atoms with Gasteiger partial charge in [-0.3, -0.25) is 9.59 Å². The summed E-state index contributed by atoms with van der Waals surface area (Å²) in [6.07, 6.45) is 1.46. The molecule has 1 aromatic carbocycles. The van der Waals surface area contributed by atoms with Gasteiger partial charge in [-0.2, -0.15) is 5.10 Å². The molecule has 5 rings (SSSR count). The molecule has 0 saturated carbocycles. The molecule has 2 atom stereocenters. The van der Waals surface area contributed by atoms with E-state index in [2.05, 4.69) is 14.6 Å². The predicted octanol–water partition coefficient (Wildman–Crippen LogP) is 0.769. The molecule has 1 amide bonds. The second kappa shape index (κ2) is 7.66. The Morgan fingerprint density at radius 1 is 1.10 bits per heavy atom. The average molecular weight is 409 g/mol. The van der Waals surface area contributed by atoms with Crippen molar-refractivity contribution < 1.29 is 14.3 Å².